The first-order valence-electron chi connectivity index (χ1n) is 10.0. The molecule has 0 aliphatic heterocycles. The molecule has 1 atom stereocenters. The van der Waals surface area contributed by atoms with Crippen molar-refractivity contribution in [1.82, 2.24) is 0 Å². The molecule has 0 bridgehead atoms. The van der Waals surface area contributed by atoms with Gasteiger partial charge in [-0.15, -0.1) is 0 Å². The molecule has 0 aromatic heterocycles. The first kappa shape index (κ1) is 24.4. The van der Waals surface area contributed by atoms with Crippen LogP contribution in [0.15, 0.2) is 0 Å². The van der Waals surface area contributed by atoms with Crippen molar-refractivity contribution in [3.8, 4) is 0 Å². The molecule has 5 heteroatoms. The first-order chi connectivity index (χ1) is 11.9. The number of carbonyl (C=O) groups is 2. The summed E-state index contributed by atoms with van der Waals surface area (Å²) in [4.78, 5) is 22.2. The van der Waals surface area contributed by atoms with E-state index < -0.39 is 16.4 Å². The summed E-state index contributed by atoms with van der Waals surface area (Å²) in [7, 11) is 0. The van der Waals surface area contributed by atoms with Gasteiger partial charge in [0.2, 0.25) is 0 Å². The molecular weight excluding hydrogens is 384 g/mol. The van der Waals surface area contributed by atoms with Gasteiger partial charge in [0.1, 0.15) is 0 Å². The van der Waals surface area contributed by atoms with Crippen LogP contribution in [0.25, 0.3) is 0 Å². The highest BCUT2D eigenvalue weighted by molar-refractivity contribution is 9.10. The Kier molecular flexibility index (Phi) is 15.3. The summed E-state index contributed by atoms with van der Waals surface area (Å²) in [5, 5.41) is 9.16. The summed E-state index contributed by atoms with van der Waals surface area (Å²) in [5.41, 5.74) is 0. The molecule has 0 rings (SSSR count). The van der Waals surface area contributed by atoms with Gasteiger partial charge in [-0.3, -0.25) is 4.79 Å². The average Bonchev–Trinajstić information content (AvgIpc) is 2.54. The topological polar surface area (TPSA) is 63.6 Å². The molecule has 0 amide bonds. The Hall–Kier alpha value is -0.580. The highest BCUT2D eigenvalue weighted by Crippen LogP contribution is 2.28. The average molecular weight is 421 g/mol. The maximum absolute atomic E-state index is 11.2. The smallest absolute Gasteiger partial charge is 0.359 e. The minimum Gasteiger partial charge on any atom is -0.478 e. The third-order valence-electron chi connectivity index (χ3n) is 4.48. The van der Waals surface area contributed by atoms with Crippen LogP contribution in [0.3, 0.4) is 0 Å². The van der Waals surface area contributed by atoms with Gasteiger partial charge in [0.15, 0.2) is 0 Å². The lowest BCUT2D eigenvalue weighted by molar-refractivity contribution is -0.166. The Balaban J connectivity index is 3.46. The molecule has 25 heavy (non-hydrogen) atoms. The summed E-state index contributed by atoms with van der Waals surface area (Å²) in [6.07, 6.45) is 17.8. The van der Waals surface area contributed by atoms with Crippen LogP contribution in [0, 0.1) is 0 Å². The SMILES string of the molecule is CCCCCCCCCCCCCCCCC(Br)(OC(C)=O)C(=O)O. The van der Waals surface area contributed by atoms with Crippen LogP contribution in [0.5, 0.6) is 0 Å². The van der Waals surface area contributed by atoms with Crippen LogP contribution in [0.1, 0.15) is 110 Å². The Bertz CT molecular complexity index is 360. The predicted molar refractivity (Wildman–Crippen MR) is 106 cm³/mol. The van der Waals surface area contributed by atoms with Gasteiger partial charge in [0.05, 0.1) is 0 Å². The van der Waals surface area contributed by atoms with Crippen molar-refractivity contribution in [3.63, 3.8) is 0 Å². The fraction of sp³-hybridized carbons (Fsp3) is 0.900. The van der Waals surface area contributed by atoms with Gasteiger partial charge in [-0.25, -0.2) is 4.79 Å². The van der Waals surface area contributed by atoms with Crippen molar-refractivity contribution in [1.29, 1.82) is 0 Å². The molecule has 0 radical (unpaired) electrons. The molecule has 1 N–H and O–H groups in total. The Morgan fingerprint density at radius 1 is 0.800 bits per heavy atom. The van der Waals surface area contributed by atoms with E-state index in [-0.39, 0.29) is 0 Å². The van der Waals surface area contributed by atoms with Crippen molar-refractivity contribution in [2.45, 2.75) is 115 Å². The lowest BCUT2D eigenvalue weighted by Crippen LogP contribution is -2.36. The summed E-state index contributed by atoms with van der Waals surface area (Å²) in [6.45, 7) is 3.48. The Morgan fingerprint density at radius 3 is 1.48 bits per heavy atom. The molecule has 1 unspecified atom stereocenters. The summed E-state index contributed by atoms with van der Waals surface area (Å²) in [6, 6.07) is 0. The summed E-state index contributed by atoms with van der Waals surface area (Å²) in [5.74, 6) is -1.72. The van der Waals surface area contributed by atoms with Gasteiger partial charge in [0, 0.05) is 13.3 Å². The zero-order valence-corrected chi connectivity index (χ0v) is 17.7. The quantitative estimate of drug-likeness (QED) is 0.163. The Morgan fingerprint density at radius 2 is 1.16 bits per heavy atom. The number of unbranched alkanes of at least 4 members (excludes halogenated alkanes) is 13. The fourth-order valence-corrected chi connectivity index (χ4v) is 3.48. The van der Waals surface area contributed by atoms with Crippen LogP contribution in [0.2, 0.25) is 0 Å². The monoisotopic (exact) mass is 420 g/mol. The minimum absolute atomic E-state index is 0.306. The molecule has 0 saturated carbocycles. The second-order valence-electron chi connectivity index (χ2n) is 6.97. The summed E-state index contributed by atoms with van der Waals surface area (Å²) >= 11 is 3.05. The van der Waals surface area contributed by atoms with Crippen molar-refractivity contribution in [2.24, 2.45) is 0 Å². The maximum atomic E-state index is 11.2. The zero-order chi connectivity index (χ0) is 19.0. The number of carboxylic acid groups (broad SMARTS) is 1. The second-order valence-corrected chi connectivity index (χ2v) is 8.25. The van der Waals surface area contributed by atoms with E-state index in [1.54, 1.807) is 0 Å². The van der Waals surface area contributed by atoms with Crippen LogP contribution in [-0.2, 0) is 14.3 Å². The Labute approximate surface area is 162 Å². The molecule has 0 heterocycles. The van der Waals surface area contributed by atoms with E-state index in [4.69, 9.17) is 9.84 Å². The third kappa shape index (κ3) is 14.3. The number of carbonyl (C=O) groups excluding carboxylic acids is 1. The molecule has 0 spiro atoms. The van der Waals surface area contributed by atoms with Gasteiger partial charge in [0.25, 0.3) is 4.51 Å². The van der Waals surface area contributed by atoms with Crippen LogP contribution < -0.4 is 0 Å². The number of esters is 1. The normalized spacial score (nSPS) is 13.4. The number of alkyl halides is 1. The molecule has 4 nitrogen and oxygen atoms in total. The lowest BCUT2D eigenvalue weighted by atomic mass is 10.0. The van der Waals surface area contributed by atoms with E-state index in [9.17, 15) is 9.59 Å². The lowest BCUT2D eigenvalue weighted by Gasteiger charge is -2.22. The van der Waals surface area contributed by atoms with Gasteiger partial charge in [-0.1, -0.05) is 90.4 Å². The molecule has 0 aliphatic carbocycles. The number of carboxylic acids is 1. The van der Waals surface area contributed by atoms with Crippen LogP contribution >= 0.6 is 15.9 Å². The van der Waals surface area contributed by atoms with Crippen LogP contribution in [-0.4, -0.2) is 21.6 Å². The molecule has 0 saturated heterocycles. The van der Waals surface area contributed by atoms with Gasteiger partial charge in [-0.05, 0) is 22.4 Å². The van der Waals surface area contributed by atoms with E-state index in [2.05, 4.69) is 22.9 Å². The number of halogens is 1. The highest BCUT2D eigenvalue weighted by Gasteiger charge is 2.38. The molecule has 0 aromatic rings. The molecule has 0 aromatic carbocycles. The van der Waals surface area contributed by atoms with E-state index in [1.165, 1.54) is 77.6 Å². The predicted octanol–water partition coefficient (Wildman–Crippen LogP) is 6.60. The van der Waals surface area contributed by atoms with Crippen molar-refractivity contribution in [2.75, 3.05) is 0 Å². The molecule has 0 aliphatic rings. The highest BCUT2D eigenvalue weighted by atomic mass is 79.9. The zero-order valence-electron chi connectivity index (χ0n) is 16.2. The van der Waals surface area contributed by atoms with E-state index >= 15 is 0 Å². The van der Waals surface area contributed by atoms with E-state index in [1.807, 2.05) is 0 Å². The summed E-state index contributed by atoms with van der Waals surface area (Å²) < 4.78 is 3.33. The number of aliphatic carboxylic acids is 1. The minimum atomic E-state index is -1.56. The molecular formula is C20H37BrO4. The van der Waals surface area contributed by atoms with Crippen molar-refractivity contribution >= 4 is 27.9 Å². The molecule has 148 valence electrons. The number of hydrogen-bond donors (Lipinski definition) is 1. The van der Waals surface area contributed by atoms with Gasteiger partial charge < -0.3 is 9.84 Å². The first-order valence-corrected chi connectivity index (χ1v) is 10.8. The van der Waals surface area contributed by atoms with E-state index in [0.717, 1.165) is 19.3 Å². The maximum Gasteiger partial charge on any atom is 0.359 e. The van der Waals surface area contributed by atoms with Gasteiger partial charge in [-0.2, -0.15) is 0 Å². The number of hydrogen-bond acceptors (Lipinski definition) is 3. The van der Waals surface area contributed by atoms with Gasteiger partial charge >= 0.3 is 11.9 Å². The van der Waals surface area contributed by atoms with Crippen molar-refractivity contribution < 1.29 is 19.4 Å². The van der Waals surface area contributed by atoms with E-state index in [0.29, 0.717) is 6.42 Å². The fourth-order valence-electron chi connectivity index (χ4n) is 2.98. The molecule has 0 fully saturated rings. The third-order valence-corrected chi connectivity index (χ3v) is 5.37. The number of ether oxygens (including phenoxy) is 1. The largest absolute Gasteiger partial charge is 0.478 e. The van der Waals surface area contributed by atoms with Crippen LogP contribution in [0.4, 0.5) is 0 Å². The second kappa shape index (κ2) is 15.7. The van der Waals surface area contributed by atoms with Crippen molar-refractivity contribution in [3.05, 3.63) is 0 Å². The number of rotatable bonds is 17. The standard InChI is InChI=1S/C20H37BrO4/c1-3-4-5-6-7-8-9-10-11-12-13-14-15-16-17-20(21,19(23)24)25-18(2)22/h3-17H2,1-2H3,(H,23,24).